The molecule has 0 saturated carbocycles. The van der Waals surface area contributed by atoms with Gasteiger partial charge in [-0.05, 0) is 35.4 Å². The Hall–Kier alpha value is -3.34. The van der Waals surface area contributed by atoms with Crippen LogP contribution in [0.25, 0.3) is 12.2 Å². The number of anilines is 1. The van der Waals surface area contributed by atoms with Crippen molar-refractivity contribution in [2.45, 2.75) is 0 Å². The van der Waals surface area contributed by atoms with Gasteiger partial charge in [0.2, 0.25) is 0 Å². The van der Waals surface area contributed by atoms with Crippen LogP contribution in [0.1, 0.15) is 11.1 Å². The molecule has 1 heterocycles. The molecule has 4 N–H and O–H groups in total. The highest BCUT2D eigenvalue weighted by atomic mass is 16.3. The van der Waals surface area contributed by atoms with Gasteiger partial charge in [0.15, 0.2) is 0 Å². The fraction of sp³-hybridized carbons (Fsp3) is 0.0526. The lowest BCUT2D eigenvalue weighted by molar-refractivity contribution is -0.114. The summed E-state index contributed by atoms with van der Waals surface area (Å²) in [5.74, 6) is -0.481. The number of aromatic hydroxyl groups is 1. The summed E-state index contributed by atoms with van der Waals surface area (Å²) in [5.41, 5.74) is 8.19. The van der Waals surface area contributed by atoms with E-state index in [1.54, 1.807) is 23.1 Å². The van der Waals surface area contributed by atoms with E-state index in [0.29, 0.717) is 12.1 Å². The zero-order valence-corrected chi connectivity index (χ0v) is 12.9. The maximum Gasteiger partial charge on any atom is 0.262 e. The number of phenols is 1. The number of para-hydroxylation sites is 1. The first-order valence-corrected chi connectivity index (χ1v) is 7.49. The number of fused-ring (bicyclic) bond motifs is 1. The van der Waals surface area contributed by atoms with E-state index in [9.17, 15) is 9.90 Å². The van der Waals surface area contributed by atoms with E-state index < -0.39 is 0 Å². The Morgan fingerprint density at radius 3 is 2.58 bits per heavy atom. The van der Waals surface area contributed by atoms with Crippen molar-refractivity contribution in [3.05, 3.63) is 71.3 Å². The lowest BCUT2D eigenvalue weighted by atomic mass is 10.0. The largest absolute Gasteiger partial charge is 0.508 e. The normalized spacial score (nSPS) is 13.5. The van der Waals surface area contributed by atoms with Crippen molar-refractivity contribution in [3.63, 3.8) is 0 Å². The van der Waals surface area contributed by atoms with Gasteiger partial charge in [-0.2, -0.15) is 0 Å². The van der Waals surface area contributed by atoms with Gasteiger partial charge in [0.1, 0.15) is 11.6 Å². The highest BCUT2D eigenvalue weighted by Crippen LogP contribution is 2.27. The summed E-state index contributed by atoms with van der Waals surface area (Å²) in [6, 6.07) is 14.0. The maximum atomic E-state index is 12.9. The van der Waals surface area contributed by atoms with Crippen LogP contribution in [0, 0.1) is 5.41 Å². The summed E-state index contributed by atoms with van der Waals surface area (Å²) in [5, 5.41) is 17.1. The van der Waals surface area contributed by atoms with Crippen LogP contribution in [-0.2, 0) is 4.79 Å². The number of hydrogen-bond acceptors (Lipinski definition) is 3. The van der Waals surface area contributed by atoms with Crippen molar-refractivity contribution < 1.29 is 9.90 Å². The van der Waals surface area contributed by atoms with Gasteiger partial charge >= 0.3 is 0 Å². The molecule has 5 nitrogen and oxygen atoms in total. The molecule has 0 spiro atoms. The Balaban J connectivity index is 1.98. The number of nitrogens with one attached hydrogen (secondary N) is 1. The van der Waals surface area contributed by atoms with Gasteiger partial charge in [0.05, 0.1) is 11.3 Å². The van der Waals surface area contributed by atoms with E-state index in [-0.39, 0.29) is 23.1 Å². The zero-order chi connectivity index (χ0) is 17.1. The van der Waals surface area contributed by atoms with Crippen LogP contribution >= 0.6 is 0 Å². The predicted molar refractivity (Wildman–Crippen MR) is 95.8 cm³/mol. The molecule has 2 aromatic carbocycles. The monoisotopic (exact) mass is 319 g/mol. The van der Waals surface area contributed by atoms with Crippen LogP contribution in [-0.4, -0.2) is 23.4 Å². The van der Waals surface area contributed by atoms with Gasteiger partial charge in [-0.15, -0.1) is 0 Å². The van der Waals surface area contributed by atoms with Crippen LogP contribution in [0.4, 0.5) is 5.69 Å². The van der Waals surface area contributed by atoms with Gasteiger partial charge in [-0.25, -0.2) is 0 Å². The van der Waals surface area contributed by atoms with Gasteiger partial charge in [-0.1, -0.05) is 42.5 Å². The molecule has 24 heavy (non-hydrogen) atoms. The summed E-state index contributed by atoms with van der Waals surface area (Å²) in [6.45, 7) is 0.427. The summed E-state index contributed by atoms with van der Waals surface area (Å²) >= 11 is 0. The number of hydrogen-bond donors (Lipinski definition) is 3. The molecule has 5 heteroatoms. The zero-order valence-electron chi connectivity index (χ0n) is 12.9. The number of rotatable bonds is 3. The lowest BCUT2D eigenvalue weighted by Gasteiger charge is -2.27. The molecule has 0 unspecified atom stereocenters. The minimum Gasteiger partial charge on any atom is -0.508 e. The van der Waals surface area contributed by atoms with Crippen LogP contribution in [0.15, 0.2) is 60.2 Å². The number of benzene rings is 2. The van der Waals surface area contributed by atoms with E-state index in [0.717, 1.165) is 11.3 Å². The van der Waals surface area contributed by atoms with E-state index in [4.69, 9.17) is 11.1 Å². The van der Waals surface area contributed by atoms with E-state index in [1.165, 1.54) is 12.1 Å². The molecule has 0 aromatic heterocycles. The molecular formula is C19H17N3O2. The first kappa shape index (κ1) is 15.6. The van der Waals surface area contributed by atoms with Gasteiger partial charge in [0, 0.05) is 6.54 Å². The Morgan fingerprint density at radius 2 is 1.88 bits per heavy atom. The molecular weight excluding hydrogens is 302 g/mol. The van der Waals surface area contributed by atoms with Gasteiger partial charge in [0.25, 0.3) is 5.91 Å². The second kappa shape index (κ2) is 6.42. The molecule has 2 aromatic rings. The molecule has 1 amide bonds. The van der Waals surface area contributed by atoms with Crippen molar-refractivity contribution in [2.75, 3.05) is 11.4 Å². The quantitative estimate of drug-likeness (QED) is 0.461. The van der Waals surface area contributed by atoms with E-state index >= 15 is 0 Å². The second-order valence-corrected chi connectivity index (χ2v) is 5.44. The molecule has 1 aliphatic rings. The summed E-state index contributed by atoms with van der Waals surface area (Å²) < 4.78 is 0. The number of nitrogens with zero attached hydrogens (tertiary/aromatic N) is 1. The Labute approximate surface area is 139 Å². The predicted octanol–water partition coefficient (Wildman–Crippen LogP) is 2.77. The summed E-state index contributed by atoms with van der Waals surface area (Å²) in [6.07, 6.45) is 5.43. The first-order valence-electron chi connectivity index (χ1n) is 7.49. The van der Waals surface area contributed by atoms with E-state index in [1.807, 2.05) is 36.4 Å². The van der Waals surface area contributed by atoms with Crippen LogP contribution < -0.4 is 10.6 Å². The summed E-state index contributed by atoms with van der Waals surface area (Å²) in [4.78, 5) is 14.5. The number of nitrogens with two attached hydrogens (primary N) is 1. The third-order valence-corrected chi connectivity index (χ3v) is 3.78. The van der Waals surface area contributed by atoms with E-state index in [2.05, 4.69) is 0 Å². The Kier molecular flexibility index (Phi) is 4.16. The summed E-state index contributed by atoms with van der Waals surface area (Å²) in [7, 11) is 0. The molecule has 0 saturated heterocycles. The third-order valence-electron chi connectivity index (χ3n) is 3.78. The number of amides is 1. The van der Waals surface area contributed by atoms with Gasteiger partial charge in [-0.3, -0.25) is 10.2 Å². The number of amidine groups is 1. The molecule has 0 radical (unpaired) electrons. The molecule has 0 atom stereocenters. The standard InChI is InChI=1S/C19H17N3O2/c20-18(21)16(12-13-7-9-15(23)10-8-13)19(24)22-11-3-5-14-4-1-2-6-17(14)22/h1-10,12,23H,11H2,(H3,20,21). The molecule has 120 valence electrons. The molecule has 1 aliphatic heterocycles. The minimum absolute atomic E-state index is 0.116. The van der Waals surface area contributed by atoms with Crippen molar-refractivity contribution in [3.8, 4) is 5.75 Å². The number of phenolic OH excluding ortho intramolecular Hbond substituents is 1. The van der Waals surface area contributed by atoms with Crippen LogP contribution in [0.3, 0.4) is 0 Å². The smallest absolute Gasteiger partial charge is 0.262 e. The molecule has 0 aliphatic carbocycles. The Bertz CT molecular complexity index is 851. The highest BCUT2D eigenvalue weighted by Gasteiger charge is 2.24. The number of carbonyl (C=O) groups excluding carboxylic acids is 1. The van der Waals surface area contributed by atoms with Crippen molar-refractivity contribution in [1.29, 1.82) is 5.41 Å². The second-order valence-electron chi connectivity index (χ2n) is 5.44. The average molecular weight is 319 g/mol. The van der Waals surface area contributed by atoms with Crippen molar-refractivity contribution >= 4 is 29.6 Å². The first-order chi connectivity index (χ1) is 11.6. The SMILES string of the molecule is N=C(N)C(=Cc1ccc(O)cc1)C(=O)N1CC=Cc2ccccc21. The van der Waals surface area contributed by atoms with Gasteiger partial charge < -0.3 is 15.7 Å². The topological polar surface area (TPSA) is 90.4 Å². The van der Waals surface area contributed by atoms with Crippen LogP contribution in [0.5, 0.6) is 5.75 Å². The Morgan fingerprint density at radius 1 is 1.17 bits per heavy atom. The average Bonchev–Trinajstić information content (AvgIpc) is 2.60. The third kappa shape index (κ3) is 3.05. The fourth-order valence-electron chi connectivity index (χ4n) is 2.59. The molecule has 0 bridgehead atoms. The lowest BCUT2D eigenvalue weighted by Crippen LogP contribution is -2.37. The molecule has 3 rings (SSSR count). The molecule has 0 fully saturated rings. The van der Waals surface area contributed by atoms with Crippen LogP contribution in [0.2, 0.25) is 0 Å². The highest BCUT2D eigenvalue weighted by molar-refractivity contribution is 6.27. The fourth-order valence-corrected chi connectivity index (χ4v) is 2.59. The maximum absolute atomic E-state index is 12.9. The van der Waals surface area contributed by atoms with Crippen molar-refractivity contribution in [2.24, 2.45) is 5.73 Å². The van der Waals surface area contributed by atoms with Crippen molar-refractivity contribution in [1.82, 2.24) is 0 Å². The number of carbonyl (C=O) groups is 1. The minimum atomic E-state index is -0.327.